The highest BCUT2D eigenvalue weighted by Gasteiger charge is 2.33. The number of rotatable bonds is 6. The van der Waals surface area contributed by atoms with E-state index < -0.39 is 0 Å². The Kier molecular flexibility index (Phi) is 6.93. The Morgan fingerprint density at radius 3 is 2.89 bits per heavy atom. The van der Waals surface area contributed by atoms with E-state index in [1.165, 1.54) is 21.1 Å². The maximum Gasteiger partial charge on any atom is 0.267 e. The Hall–Kier alpha value is -2.72. The van der Waals surface area contributed by atoms with Gasteiger partial charge in [0.2, 0.25) is 0 Å². The average Bonchev–Trinajstić information content (AvgIpc) is 3.45. The van der Waals surface area contributed by atoms with Crippen LogP contribution >= 0.6 is 35.6 Å². The smallest absolute Gasteiger partial charge is 0.267 e. The number of benzene rings is 1. The molecule has 0 spiro atoms. The monoisotopic (exact) mass is 526 g/mol. The van der Waals surface area contributed by atoms with Gasteiger partial charge in [0, 0.05) is 24.4 Å². The van der Waals surface area contributed by atoms with E-state index >= 15 is 0 Å². The van der Waals surface area contributed by atoms with Crippen molar-refractivity contribution in [2.75, 3.05) is 18.5 Å². The number of hydrogen-bond acceptors (Lipinski definition) is 7. The first-order valence-electron chi connectivity index (χ1n) is 11.3. The lowest BCUT2D eigenvalue weighted by Crippen LogP contribution is -2.28. The number of thiocarbonyl (C=S) groups is 1. The lowest BCUT2D eigenvalue weighted by atomic mass is 10.2. The predicted molar refractivity (Wildman–Crippen MR) is 144 cm³/mol. The van der Waals surface area contributed by atoms with Crippen LogP contribution in [0.2, 0.25) is 5.02 Å². The molecular formula is C25H23ClN4O3S2. The van der Waals surface area contributed by atoms with Crippen molar-refractivity contribution < 1.29 is 9.53 Å². The van der Waals surface area contributed by atoms with Crippen molar-refractivity contribution in [3.63, 3.8) is 0 Å². The number of thioether (sulfide) groups is 1. The lowest BCUT2D eigenvalue weighted by molar-refractivity contribution is -0.122. The number of nitrogens with zero attached hydrogens (tertiary/aromatic N) is 3. The molecule has 7 nitrogen and oxygen atoms in total. The van der Waals surface area contributed by atoms with E-state index in [1.807, 2.05) is 31.2 Å². The summed E-state index contributed by atoms with van der Waals surface area (Å²) < 4.78 is 7.63. The van der Waals surface area contributed by atoms with Crippen LogP contribution in [0.1, 0.15) is 29.5 Å². The molecule has 10 heteroatoms. The number of ether oxygens (including phenoxy) is 1. The normalized spacial score (nSPS) is 19.3. The number of amides is 1. The summed E-state index contributed by atoms with van der Waals surface area (Å²) in [6.45, 7) is 3.44. The molecule has 0 saturated carbocycles. The van der Waals surface area contributed by atoms with Gasteiger partial charge in [0.05, 0.1) is 23.1 Å². The summed E-state index contributed by atoms with van der Waals surface area (Å²) in [6, 6.07) is 11.1. The highest BCUT2D eigenvalue weighted by atomic mass is 35.5. The van der Waals surface area contributed by atoms with Crippen LogP contribution in [0.4, 0.5) is 5.82 Å². The standard InChI is InChI=1S/C25H23ClN4O3S2/c1-15-8-9-21-28-22(27-12-17-6-4-10-33-17)18(23(31)29(21)13-15)11-20-24(32)30(25(34)35-20)14-16-5-2-3-7-19(16)26/h2-3,5,7-9,11,13,17,27H,4,6,10,12,14H2,1H3. The molecule has 1 N–H and O–H groups in total. The molecule has 0 bridgehead atoms. The second-order valence-electron chi connectivity index (χ2n) is 8.49. The number of anilines is 1. The van der Waals surface area contributed by atoms with Crippen molar-refractivity contribution in [2.24, 2.45) is 0 Å². The molecule has 1 atom stereocenters. The predicted octanol–water partition coefficient (Wildman–Crippen LogP) is 4.65. The summed E-state index contributed by atoms with van der Waals surface area (Å²) in [5.41, 5.74) is 2.31. The van der Waals surface area contributed by atoms with Crippen LogP contribution in [0.15, 0.2) is 52.3 Å². The number of pyridine rings is 1. The average molecular weight is 527 g/mol. The van der Waals surface area contributed by atoms with E-state index in [9.17, 15) is 9.59 Å². The topological polar surface area (TPSA) is 75.9 Å². The number of carbonyl (C=O) groups is 1. The van der Waals surface area contributed by atoms with Crippen LogP contribution in [-0.2, 0) is 16.1 Å². The first-order chi connectivity index (χ1) is 16.9. The fourth-order valence-corrected chi connectivity index (χ4v) is 5.54. The van der Waals surface area contributed by atoms with Gasteiger partial charge >= 0.3 is 0 Å². The molecule has 1 unspecified atom stereocenters. The minimum atomic E-state index is -0.265. The van der Waals surface area contributed by atoms with Gasteiger partial charge in [-0.2, -0.15) is 0 Å². The Labute approximate surface area is 217 Å². The van der Waals surface area contributed by atoms with Gasteiger partial charge in [-0.1, -0.05) is 59.8 Å². The number of carbonyl (C=O) groups excluding carboxylic acids is 1. The molecule has 2 aromatic heterocycles. The Bertz CT molecular complexity index is 1420. The number of fused-ring (bicyclic) bond motifs is 1. The third kappa shape index (κ3) is 4.99. The van der Waals surface area contributed by atoms with Crippen molar-refractivity contribution in [1.29, 1.82) is 0 Å². The van der Waals surface area contributed by atoms with Gasteiger partial charge in [-0.05, 0) is 49.1 Å². The maximum absolute atomic E-state index is 13.5. The minimum Gasteiger partial charge on any atom is -0.376 e. The van der Waals surface area contributed by atoms with Crippen LogP contribution in [0.3, 0.4) is 0 Å². The van der Waals surface area contributed by atoms with Crippen molar-refractivity contribution in [2.45, 2.75) is 32.4 Å². The number of halogens is 1. The maximum atomic E-state index is 13.5. The van der Waals surface area contributed by atoms with E-state index in [1.54, 1.807) is 24.4 Å². The van der Waals surface area contributed by atoms with E-state index in [2.05, 4.69) is 10.3 Å². The Balaban J connectivity index is 1.51. The van der Waals surface area contributed by atoms with Gasteiger partial charge in [0.15, 0.2) is 0 Å². The largest absolute Gasteiger partial charge is 0.376 e. The fraction of sp³-hybridized carbons (Fsp3) is 0.280. The van der Waals surface area contributed by atoms with Crippen molar-refractivity contribution in [1.82, 2.24) is 14.3 Å². The van der Waals surface area contributed by atoms with Gasteiger partial charge in [-0.15, -0.1) is 0 Å². The van der Waals surface area contributed by atoms with E-state index in [0.717, 1.165) is 30.6 Å². The highest BCUT2D eigenvalue weighted by molar-refractivity contribution is 8.26. The summed E-state index contributed by atoms with van der Waals surface area (Å²) >= 11 is 12.9. The van der Waals surface area contributed by atoms with E-state index in [-0.39, 0.29) is 24.1 Å². The summed E-state index contributed by atoms with van der Waals surface area (Å²) in [5.74, 6) is 0.157. The number of aryl methyl sites for hydroxylation is 1. The minimum absolute atomic E-state index is 0.0648. The van der Waals surface area contributed by atoms with E-state index in [4.69, 9.17) is 28.6 Å². The van der Waals surface area contributed by atoms with Gasteiger partial charge in [-0.3, -0.25) is 18.9 Å². The Morgan fingerprint density at radius 1 is 1.29 bits per heavy atom. The number of nitrogens with one attached hydrogen (secondary N) is 1. The molecule has 2 aliphatic rings. The van der Waals surface area contributed by atoms with Crippen LogP contribution in [0.25, 0.3) is 11.7 Å². The van der Waals surface area contributed by atoms with Crippen LogP contribution in [0, 0.1) is 6.92 Å². The zero-order chi connectivity index (χ0) is 24.5. The molecule has 0 radical (unpaired) electrons. The molecule has 2 aliphatic heterocycles. The second kappa shape index (κ2) is 10.1. The molecule has 2 saturated heterocycles. The van der Waals surface area contributed by atoms with Crippen molar-refractivity contribution >= 4 is 63.3 Å². The zero-order valence-electron chi connectivity index (χ0n) is 19.0. The zero-order valence-corrected chi connectivity index (χ0v) is 21.4. The fourth-order valence-electron chi connectivity index (χ4n) is 4.10. The van der Waals surface area contributed by atoms with Gasteiger partial charge in [-0.25, -0.2) is 4.98 Å². The van der Waals surface area contributed by atoms with Crippen LogP contribution in [0.5, 0.6) is 0 Å². The third-order valence-corrected chi connectivity index (χ3v) is 7.71. The van der Waals surface area contributed by atoms with Gasteiger partial charge in [0.25, 0.3) is 11.5 Å². The molecule has 35 heavy (non-hydrogen) atoms. The van der Waals surface area contributed by atoms with Crippen molar-refractivity contribution in [3.05, 3.63) is 79.6 Å². The summed E-state index contributed by atoms with van der Waals surface area (Å²) in [4.78, 5) is 33.4. The summed E-state index contributed by atoms with van der Waals surface area (Å²) in [7, 11) is 0. The molecule has 1 amide bonds. The molecule has 5 rings (SSSR count). The highest BCUT2D eigenvalue weighted by Crippen LogP contribution is 2.35. The van der Waals surface area contributed by atoms with Crippen LogP contribution < -0.4 is 10.9 Å². The first-order valence-corrected chi connectivity index (χ1v) is 12.9. The third-order valence-electron chi connectivity index (χ3n) is 5.96. The second-order valence-corrected chi connectivity index (χ2v) is 10.6. The van der Waals surface area contributed by atoms with Crippen LogP contribution in [-0.4, -0.2) is 43.8 Å². The first kappa shape index (κ1) is 24.0. The summed E-state index contributed by atoms with van der Waals surface area (Å²) in [6.07, 6.45) is 5.37. The van der Waals surface area contributed by atoms with Gasteiger partial charge in [0.1, 0.15) is 15.8 Å². The number of aromatic nitrogens is 2. The summed E-state index contributed by atoms with van der Waals surface area (Å²) in [5, 5.41) is 3.85. The number of hydrogen-bond donors (Lipinski definition) is 1. The molecule has 2 fully saturated rings. The molecule has 1 aromatic carbocycles. The molecule has 180 valence electrons. The molecule has 4 heterocycles. The van der Waals surface area contributed by atoms with Crippen molar-refractivity contribution in [3.8, 4) is 0 Å². The lowest BCUT2D eigenvalue weighted by Gasteiger charge is -2.15. The van der Waals surface area contributed by atoms with Gasteiger partial charge < -0.3 is 10.1 Å². The molecular weight excluding hydrogens is 504 g/mol. The molecule has 0 aliphatic carbocycles. The molecule has 3 aromatic rings. The Morgan fingerprint density at radius 2 is 2.11 bits per heavy atom. The SMILES string of the molecule is Cc1ccc2nc(NCC3CCCO3)c(C=C3SC(=S)N(Cc4ccccc4Cl)C3=O)c(=O)n2c1. The van der Waals surface area contributed by atoms with E-state index in [0.29, 0.717) is 37.8 Å². The quantitative estimate of drug-likeness (QED) is 0.370.